The second-order valence-electron chi connectivity index (χ2n) is 3.15. The average molecular weight is 238 g/mol. The van der Waals surface area contributed by atoms with E-state index >= 15 is 0 Å². The lowest BCUT2D eigenvalue weighted by molar-refractivity contribution is 0.125. The predicted molar refractivity (Wildman–Crippen MR) is 72.7 cm³/mol. The summed E-state index contributed by atoms with van der Waals surface area (Å²) >= 11 is 0. The molecule has 0 saturated heterocycles. The summed E-state index contributed by atoms with van der Waals surface area (Å²) in [4.78, 5) is 0. The van der Waals surface area contributed by atoms with Crippen molar-refractivity contribution in [3.8, 4) is 23.7 Å². The highest BCUT2D eigenvalue weighted by Crippen LogP contribution is 2.01. The molecule has 0 radical (unpaired) electrons. The van der Waals surface area contributed by atoms with Crippen molar-refractivity contribution in [3.05, 3.63) is 35.4 Å². The average Bonchev–Trinajstić information content (AvgIpc) is 2.40. The first-order chi connectivity index (χ1) is 8.86. The first-order valence-electron chi connectivity index (χ1n) is 5.72. The Kier molecular flexibility index (Phi) is 6.71. The highest BCUT2D eigenvalue weighted by Gasteiger charge is 1.80. The van der Waals surface area contributed by atoms with Crippen molar-refractivity contribution in [2.45, 2.75) is 13.8 Å². The lowest BCUT2D eigenvalue weighted by Crippen LogP contribution is -1.81. The maximum absolute atomic E-state index is 4.90. The molecule has 0 amide bonds. The molecule has 0 bridgehead atoms. The van der Waals surface area contributed by atoms with Crippen LogP contribution in [0.2, 0.25) is 0 Å². The third-order valence-electron chi connectivity index (χ3n) is 1.81. The van der Waals surface area contributed by atoms with Crippen molar-refractivity contribution in [2.24, 2.45) is 0 Å². The van der Waals surface area contributed by atoms with E-state index in [9.17, 15) is 0 Å². The van der Waals surface area contributed by atoms with Gasteiger partial charge in [0.2, 0.25) is 13.2 Å². The van der Waals surface area contributed by atoms with Crippen LogP contribution in [0.1, 0.15) is 25.0 Å². The van der Waals surface area contributed by atoms with Gasteiger partial charge in [-0.1, -0.05) is 35.4 Å². The molecule has 1 aromatic carbocycles. The second-order valence-corrected chi connectivity index (χ2v) is 3.15. The highest BCUT2D eigenvalue weighted by atomic mass is 16.4. The van der Waals surface area contributed by atoms with E-state index in [4.69, 9.17) is 8.85 Å². The molecule has 0 spiro atoms. The molecule has 0 aliphatic carbocycles. The van der Waals surface area contributed by atoms with Gasteiger partial charge in [-0.3, -0.25) is 11.8 Å². The summed E-state index contributed by atoms with van der Waals surface area (Å²) in [6.45, 7) is 4.92. The van der Waals surface area contributed by atoms with Crippen LogP contribution in [0.5, 0.6) is 0 Å². The topological polar surface area (TPSA) is 22.6 Å². The maximum Gasteiger partial charge on any atom is 0.273 e. The summed E-state index contributed by atoms with van der Waals surface area (Å²) in [6, 6.07) is 7.60. The summed E-state index contributed by atoms with van der Waals surface area (Å²) in [6.07, 6.45) is 5.07. The molecular formula is C16H14O2. The van der Waals surface area contributed by atoms with E-state index < -0.39 is 0 Å². The highest BCUT2D eigenvalue weighted by molar-refractivity contribution is 5.76. The van der Waals surface area contributed by atoms with Gasteiger partial charge >= 0.3 is 0 Å². The van der Waals surface area contributed by atoms with Gasteiger partial charge in [-0.25, -0.2) is 0 Å². The summed E-state index contributed by atoms with van der Waals surface area (Å²) in [7, 11) is 0. The Balaban J connectivity index is 2.77. The summed E-state index contributed by atoms with van der Waals surface area (Å²) in [5, 5.41) is 0. The molecule has 0 fully saturated rings. The van der Waals surface area contributed by atoms with Crippen LogP contribution < -0.4 is 0 Å². The van der Waals surface area contributed by atoms with Gasteiger partial charge in [-0.2, -0.15) is 11.8 Å². The fourth-order valence-electron chi connectivity index (χ4n) is 1.09. The van der Waals surface area contributed by atoms with Gasteiger partial charge in [0, 0.05) is 13.8 Å². The Morgan fingerprint density at radius 2 is 1.44 bits per heavy atom. The molecule has 90 valence electrons. The zero-order valence-electron chi connectivity index (χ0n) is 10.5. The molecule has 2 nitrogen and oxygen atoms in total. The maximum atomic E-state index is 4.90. The molecule has 1 rings (SSSR count). The fourth-order valence-corrected chi connectivity index (χ4v) is 1.09. The van der Waals surface area contributed by atoms with E-state index in [1.807, 2.05) is 38.1 Å². The van der Waals surface area contributed by atoms with E-state index in [0.29, 0.717) is 13.2 Å². The van der Waals surface area contributed by atoms with E-state index in [1.54, 1.807) is 0 Å². The minimum Gasteiger partial charge on any atom is -0.343 e. The van der Waals surface area contributed by atoms with Gasteiger partial charge in [-0.05, 0) is 0 Å². The van der Waals surface area contributed by atoms with Gasteiger partial charge < -0.3 is 8.85 Å². The van der Waals surface area contributed by atoms with Crippen LogP contribution in [0.4, 0.5) is 0 Å². The van der Waals surface area contributed by atoms with Gasteiger partial charge in [-0.15, -0.1) is 0 Å². The van der Waals surface area contributed by atoms with Crippen molar-refractivity contribution < 1.29 is 8.85 Å². The van der Waals surface area contributed by atoms with Crippen molar-refractivity contribution >= 4 is 12.6 Å². The lowest BCUT2D eigenvalue weighted by Gasteiger charge is -2.00. The fraction of sp³-hybridized carbons (Fsp3) is 0.250. The minimum atomic E-state index is 0.573. The molecule has 0 aromatic heterocycles. The molecule has 18 heavy (non-hydrogen) atoms. The zero-order valence-corrected chi connectivity index (χ0v) is 10.5. The smallest absolute Gasteiger partial charge is 0.273 e. The first kappa shape index (κ1) is 13.7. The van der Waals surface area contributed by atoms with Gasteiger partial charge in [0.15, 0.2) is 0 Å². The molecular weight excluding hydrogens is 224 g/mol. The van der Waals surface area contributed by atoms with E-state index in [2.05, 4.69) is 36.3 Å². The Morgan fingerprint density at radius 3 is 1.89 bits per heavy atom. The van der Waals surface area contributed by atoms with Crippen molar-refractivity contribution in [1.82, 2.24) is 0 Å². The number of carbonyl (C=O) groups excluding carboxylic acids is 2. The molecule has 2 heteroatoms. The van der Waals surface area contributed by atoms with E-state index in [0.717, 1.165) is 11.1 Å². The third kappa shape index (κ3) is 5.68. The molecule has 0 aliphatic heterocycles. The monoisotopic (exact) mass is 238 g/mol. The van der Waals surface area contributed by atoms with Crippen LogP contribution in [0, 0.1) is 23.7 Å². The van der Waals surface area contributed by atoms with Crippen molar-refractivity contribution in [3.63, 3.8) is 0 Å². The van der Waals surface area contributed by atoms with Crippen molar-refractivity contribution in [1.29, 1.82) is 0 Å². The molecule has 0 unspecified atom stereocenters. The molecule has 0 N–H and O–H groups in total. The number of hydrogen-bond acceptors (Lipinski definition) is 0. The summed E-state index contributed by atoms with van der Waals surface area (Å²) < 4.78 is 9.80. The van der Waals surface area contributed by atoms with Gasteiger partial charge in [0.1, 0.15) is 0 Å². The first-order valence-corrected chi connectivity index (χ1v) is 5.72. The Hall–Kier alpha value is -2.32. The Labute approximate surface area is 108 Å². The van der Waals surface area contributed by atoms with E-state index in [-0.39, 0.29) is 0 Å². The normalized spacial score (nSPS) is 9.89. The molecule has 0 atom stereocenters. The van der Waals surface area contributed by atoms with Crippen LogP contribution in [0.25, 0.3) is 0 Å². The Bertz CT molecular complexity index is 498. The molecule has 0 aliphatic rings. The quantitative estimate of drug-likeness (QED) is 0.425. The molecule has 0 saturated carbocycles. The summed E-state index contributed by atoms with van der Waals surface area (Å²) in [5.41, 5.74) is 1.73. The molecule has 0 heterocycles. The SMILES string of the molecule is CC[O+]=[C-]C#Cc1cccc(C#C[C-]=[O+]CC)c1. The minimum absolute atomic E-state index is 0.573. The summed E-state index contributed by atoms with van der Waals surface area (Å²) in [5.74, 6) is 11.2. The number of hydrogen-bond donors (Lipinski definition) is 0. The van der Waals surface area contributed by atoms with E-state index in [1.165, 1.54) is 0 Å². The predicted octanol–water partition coefficient (Wildman–Crippen LogP) is 1.72. The standard InChI is InChI=1S/C16H14O2/c1-3-17-12-6-10-15-8-5-9-16(14-15)11-7-13-18-4-2/h5,8-9,14H,3-4H2,1-2H3. The molecule has 1 aromatic rings. The number of benzene rings is 1. The zero-order chi connectivity index (χ0) is 13.1. The third-order valence-corrected chi connectivity index (χ3v) is 1.81. The van der Waals surface area contributed by atoms with Crippen LogP contribution in [-0.4, -0.2) is 25.8 Å². The van der Waals surface area contributed by atoms with Gasteiger partial charge in [0.05, 0.1) is 0 Å². The second kappa shape index (κ2) is 8.79. The van der Waals surface area contributed by atoms with Crippen LogP contribution >= 0.6 is 0 Å². The number of rotatable bonds is 2. The van der Waals surface area contributed by atoms with Crippen molar-refractivity contribution in [2.75, 3.05) is 13.2 Å². The lowest BCUT2D eigenvalue weighted by atomic mass is 10.1. The largest absolute Gasteiger partial charge is 0.343 e. The van der Waals surface area contributed by atoms with Crippen LogP contribution in [0.3, 0.4) is 0 Å². The van der Waals surface area contributed by atoms with Gasteiger partial charge in [0.25, 0.3) is 12.6 Å². The van der Waals surface area contributed by atoms with Crippen LogP contribution in [0.15, 0.2) is 24.3 Å². The Morgan fingerprint density at radius 1 is 0.944 bits per heavy atom. The van der Waals surface area contributed by atoms with Crippen LogP contribution in [-0.2, 0) is 8.85 Å².